The molecule has 0 unspecified atom stereocenters. The van der Waals surface area contributed by atoms with Crippen LogP contribution in [0.1, 0.15) is 11.1 Å². The lowest BCUT2D eigenvalue weighted by Gasteiger charge is -2.37. The average molecular weight is 379 g/mol. The number of carbonyl (C=O) groups excluding carboxylic acids is 2. The van der Waals surface area contributed by atoms with Crippen LogP contribution in [0.2, 0.25) is 0 Å². The second kappa shape index (κ2) is 7.92. The highest BCUT2D eigenvalue weighted by molar-refractivity contribution is 6.34. The predicted octanol–water partition coefficient (Wildman–Crippen LogP) is 1.93. The SMILES string of the molecule is COc1ccccc1N1CCN(C(=O)C(=O)N2CCc3ccccc3C2)CC1. The Hall–Kier alpha value is -3.02. The molecule has 6 nitrogen and oxygen atoms in total. The highest BCUT2D eigenvalue weighted by atomic mass is 16.5. The van der Waals surface area contributed by atoms with Crippen LogP contribution in [-0.4, -0.2) is 61.4 Å². The molecule has 0 aliphatic carbocycles. The molecule has 2 aliphatic heterocycles. The quantitative estimate of drug-likeness (QED) is 0.749. The molecule has 4 rings (SSSR count). The van der Waals surface area contributed by atoms with Crippen molar-refractivity contribution < 1.29 is 14.3 Å². The van der Waals surface area contributed by atoms with Gasteiger partial charge in [0.25, 0.3) is 0 Å². The number of ether oxygens (including phenoxy) is 1. The molecule has 0 spiro atoms. The van der Waals surface area contributed by atoms with Crippen LogP contribution in [-0.2, 0) is 22.6 Å². The van der Waals surface area contributed by atoms with Crippen molar-refractivity contribution in [3.63, 3.8) is 0 Å². The maximum atomic E-state index is 12.8. The number of hydrogen-bond acceptors (Lipinski definition) is 4. The van der Waals surface area contributed by atoms with Gasteiger partial charge in [-0.05, 0) is 29.7 Å². The molecular weight excluding hydrogens is 354 g/mol. The van der Waals surface area contributed by atoms with E-state index in [1.54, 1.807) is 16.9 Å². The van der Waals surface area contributed by atoms with Gasteiger partial charge in [-0.3, -0.25) is 9.59 Å². The molecule has 2 aromatic rings. The molecule has 0 saturated carbocycles. The van der Waals surface area contributed by atoms with Gasteiger partial charge < -0.3 is 19.4 Å². The number of hydrogen-bond donors (Lipinski definition) is 0. The van der Waals surface area contributed by atoms with E-state index in [0.717, 1.165) is 23.4 Å². The zero-order valence-corrected chi connectivity index (χ0v) is 16.1. The topological polar surface area (TPSA) is 53.1 Å². The number of fused-ring (bicyclic) bond motifs is 1. The number of benzene rings is 2. The van der Waals surface area contributed by atoms with E-state index in [1.807, 2.05) is 42.5 Å². The summed E-state index contributed by atoms with van der Waals surface area (Å²) < 4.78 is 5.44. The first-order valence-electron chi connectivity index (χ1n) is 9.70. The van der Waals surface area contributed by atoms with Gasteiger partial charge in [0.2, 0.25) is 0 Å². The van der Waals surface area contributed by atoms with Gasteiger partial charge in [-0.25, -0.2) is 0 Å². The smallest absolute Gasteiger partial charge is 0.312 e. The van der Waals surface area contributed by atoms with Crippen molar-refractivity contribution >= 4 is 17.5 Å². The zero-order valence-electron chi connectivity index (χ0n) is 16.1. The van der Waals surface area contributed by atoms with Crippen molar-refractivity contribution in [3.8, 4) is 5.75 Å². The van der Waals surface area contributed by atoms with Gasteiger partial charge in [0.15, 0.2) is 0 Å². The number of carbonyl (C=O) groups is 2. The monoisotopic (exact) mass is 379 g/mol. The minimum atomic E-state index is -0.390. The second-order valence-corrected chi connectivity index (χ2v) is 7.20. The normalized spacial score (nSPS) is 16.5. The first kappa shape index (κ1) is 18.3. The van der Waals surface area contributed by atoms with Crippen molar-refractivity contribution in [2.24, 2.45) is 0 Å². The number of piperazine rings is 1. The first-order chi connectivity index (χ1) is 13.7. The molecular formula is C22H25N3O3. The number of amides is 2. The first-order valence-corrected chi connectivity index (χ1v) is 9.70. The van der Waals surface area contributed by atoms with Gasteiger partial charge in [-0.1, -0.05) is 36.4 Å². The lowest BCUT2D eigenvalue weighted by atomic mass is 10.00. The third-order valence-corrected chi connectivity index (χ3v) is 5.59. The molecule has 2 heterocycles. The Morgan fingerprint density at radius 1 is 0.786 bits per heavy atom. The lowest BCUT2D eigenvalue weighted by Crippen LogP contribution is -2.53. The lowest BCUT2D eigenvalue weighted by molar-refractivity contribution is -0.152. The molecule has 1 saturated heterocycles. The van der Waals surface area contributed by atoms with Crippen molar-refractivity contribution in [1.82, 2.24) is 9.80 Å². The van der Waals surface area contributed by atoms with Crippen molar-refractivity contribution in [2.45, 2.75) is 13.0 Å². The van der Waals surface area contributed by atoms with E-state index in [1.165, 1.54) is 5.56 Å². The summed E-state index contributed by atoms with van der Waals surface area (Å²) in [6, 6.07) is 16.0. The molecule has 0 aromatic heterocycles. The highest BCUT2D eigenvalue weighted by Gasteiger charge is 2.31. The second-order valence-electron chi connectivity index (χ2n) is 7.20. The van der Waals surface area contributed by atoms with E-state index in [0.29, 0.717) is 39.3 Å². The summed E-state index contributed by atoms with van der Waals surface area (Å²) in [7, 11) is 1.66. The maximum absolute atomic E-state index is 12.8. The number of nitrogens with zero attached hydrogens (tertiary/aromatic N) is 3. The fourth-order valence-electron chi connectivity index (χ4n) is 3.98. The number of rotatable bonds is 2. The van der Waals surface area contributed by atoms with Crippen LogP contribution >= 0.6 is 0 Å². The summed E-state index contributed by atoms with van der Waals surface area (Å²) in [6.07, 6.45) is 0.802. The van der Waals surface area contributed by atoms with Gasteiger partial charge in [0, 0.05) is 39.3 Å². The third-order valence-electron chi connectivity index (χ3n) is 5.59. The van der Waals surface area contributed by atoms with Crippen LogP contribution in [0, 0.1) is 0 Å². The van der Waals surface area contributed by atoms with E-state index in [-0.39, 0.29) is 11.8 Å². The van der Waals surface area contributed by atoms with Crippen LogP contribution in [0.5, 0.6) is 5.75 Å². The van der Waals surface area contributed by atoms with Crippen molar-refractivity contribution in [3.05, 3.63) is 59.7 Å². The Morgan fingerprint density at radius 2 is 1.43 bits per heavy atom. The summed E-state index contributed by atoms with van der Waals surface area (Å²) in [5.41, 5.74) is 3.43. The van der Waals surface area contributed by atoms with Crippen LogP contribution in [0.25, 0.3) is 0 Å². The summed E-state index contributed by atoms with van der Waals surface area (Å²) in [6.45, 7) is 3.55. The molecule has 0 N–H and O–H groups in total. The van der Waals surface area contributed by atoms with Gasteiger partial charge >= 0.3 is 11.8 Å². The molecule has 2 aliphatic rings. The zero-order chi connectivity index (χ0) is 19.5. The minimum Gasteiger partial charge on any atom is -0.495 e. The van der Waals surface area contributed by atoms with Crippen molar-refractivity contribution in [2.75, 3.05) is 44.7 Å². The molecule has 0 bridgehead atoms. The highest BCUT2D eigenvalue weighted by Crippen LogP contribution is 2.28. The number of anilines is 1. The fraction of sp³-hybridized carbons (Fsp3) is 0.364. The van der Waals surface area contributed by atoms with E-state index >= 15 is 0 Å². The Balaban J connectivity index is 1.37. The Morgan fingerprint density at radius 3 is 2.18 bits per heavy atom. The van der Waals surface area contributed by atoms with E-state index < -0.39 is 0 Å². The molecule has 0 radical (unpaired) electrons. The molecule has 0 atom stereocenters. The Bertz CT molecular complexity index is 875. The summed E-state index contributed by atoms with van der Waals surface area (Å²) >= 11 is 0. The van der Waals surface area contributed by atoms with E-state index in [9.17, 15) is 9.59 Å². The van der Waals surface area contributed by atoms with Gasteiger partial charge in [-0.15, -0.1) is 0 Å². The number of para-hydroxylation sites is 2. The summed E-state index contributed by atoms with van der Waals surface area (Å²) in [5.74, 6) is 0.0460. The number of methoxy groups -OCH3 is 1. The molecule has 1 fully saturated rings. The predicted molar refractivity (Wildman–Crippen MR) is 107 cm³/mol. The van der Waals surface area contributed by atoms with Crippen LogP contribution < -0.4 is 9.64 Å². The average Bonchev–Trinajstić information content (AvgIpc) is 2.77. The van der Waals surface area contributed by atoms with Crippen molar-refractivity contribution in [1.29, 1.82) is 0 Å². The molecule has 28 heavy (non-hydrogen) atoms. The minimum absolute atomic E-state index is 0.389. The summed E-state index contributed by atoms with van der Waals surface area (Å²) in [4.78, 5) is 31.1. The van der Waals surface area contributed by atoms with E-state index in [4.69, 9.17) is 4.74 Å². The maximum Gasteiger partial charge on any atom is 0.312 e. The van der Waals surface area contributed by atoms with Crippen LogP contribution in [0.3, 0.4) is 0 Å². The summed E-state index contributed by atoms with van der Waals surface area (Å²) in [5, 5.41) is 0. The van der Waals surface area contributed by atoms with Crippen LogP contribution in [0.4, 0.5) is 5.69 Å². The van der Waals surface area contributed by atoms with Crippen LogP contribution in [0.15, 0.2) is 48.5 Å². The van der Waals surface area contributed by atoms with E-state index in [2.05, 4.69) is 11.0 Å². The largest absolute Gasteiger partial charge is 0.495 e. The molecule has 2 aromatic carbocycles. The van der Waals surface area contributed by atoms with Gasteiger partial charge in [0.1, 0.15) is 5.75 Å². The molecule has 146 valence electrons. The molecule has 2 amide bonds. The van der Waals surface area contributed by atoms with Gasteiger partial charge in [-0.2, -0.15) is 0 Å². The Kier molecular flexibility index (Phi) is 5.19. The Labute approximate surface area is 165 Å². The molecule has 6 heteroatoms. The third kappa shape index (κ3) is 3.54. The standard InChI is InChI=1S/C22H25N3O3/c1-28-20-9-5-4-8-19(20)23-12-14-24(15-13-23)21(26)22(27)25-11-10-17-6-2-3-7-18(17)16-25/h2-9H,10-16H2,1H3. The fourth-order valence-corrected chi connectivity index (χ4v) is 3.98. The van der Waals surface area contributed by atoms with Gasteiger partial charge in [0.05, 0.1) is 12.8 Å².